The number of carbonyl (C=O) groups excluding carboxylic acids is 1. The van der Waals surface area contributed by atoms with Crippen molar-refractivity contribution in [1.82, 2.24) is 9.97 Å². The van der Waals surface area contributed by atoms with Crippen LogP contribution < -0.4 is 5.73 Å². The van der Waals surface area contributed by atoms with E-state index in [9.17, 15) is 27.8 Å². The number of para-hydroxylation sites is 2. The number of nitrogens with one attached hydrogen (secondary N) is 1. The van der Waals surface area contributed by atoms with Crippen molar-refractivity contribution in [1.29, 1.82) is 0 Å². The molecule has 0 spiro atoms. The number of benzene rings is 3. The zero-order valence-electron chi connectivity index (χ0n) is 19.2. The van der Waals surface area contributed by atoms with Crippen molar-refractivity contribution in [2.75, 3.05) is 0 Å². The number of Topliss-reactive ketones (excluding diaryl/α,β-unsaturated/α-hetero) is 1. The number of ketones is 1. The summed E-state index contributed by atoms with van der Waals surface area (Å²) in [6.07, 6.45) is -1.40. The molecule has 0 amide bonds. The standard InChI is InChI=1S/C25H20ClFN4O5S/c1-13(32)24(28)31-37(35,36)20-12-15(9-10-17(20)27)23(34)21(22(33)14-5-4-6-16(26)11-14)25-29-18-7-2-3-8-19(18)30-25/h2-13,32-33H,1H3,(H2,28,31)(H,29,30)/t13-/m1/s1. The number of nitrogens with two attached hydrogens (primary N) is 1. The summed E-state index contributed by atoms with van der Waals surface area (Å²) in [5.74, 6) is -3.20. The van der Waals surface area contributed by atoms with Crippen LogP contribution in [0.3, 0.4) is 0 Å². The fourth-order valence-corrected chi connectivity index (χ4v) is 4.74. The van der Waals surface area contributed by atoms with E-state index in [4.69, 9.17) is 17.3 Å². The van der Waals surface area contributed by atoms with E-state index in [1.165, 1.54) is 19.1 Å². The molecule has 0 unspecified atom stereocenters. The van der Waals surface area contributed by atoms with Crippen LogP contribution in [-0.2, 0) is 10.0 Å². The summed E-state index contributed by atoms with van der Waals surface area (Å²) in [7, 11) is -4.72. The van der Waals surface area contributed by atoms with E-state index >= 15 is 0 Å². The van der Waals surface area contributed by atoms with Gasteiger partial charge in [0.05, 0.1) is 11.0 Å². The van der Waals surface area contributed by atoms with Crippen molar-refractivity contribution in [2.24, 2.45) is 10.1 Å². The van der Waals surface area contributed by atoms with E-state index < -0.39 is 44.2 Å². The van der Waals surface area contributed by atoms with Crippen LogP contribution in [0.5, 0.6) is 0 Å². The molecule has 0 aliphatic carbocycles. The predicted molar refractivity (Wildman–Crippen MR) is 138 cm³/mol. The highest BCUT2D eigenvalue weighted by Gasteiger charge is 2.27. The molecule has 1 heterocycles. The lowest BCUT2D eigenvalue weighted by Crippen LogP contribution is -2.27. The lowest BCUT2D eigenvalue weighted by Gasteiger charge is -2.11. The van der Waals surface area contributed by atoms with Gasteiger partial charge in [-0.05, 0) is 49.4 Å². The van der Waals surface area contributed by atoms with E-state index in [0.717, 1.165) is 18.2 Å². The zero-order valence-corrected chi connectivity index (χ0v) is 20.8. The van der Waals surface area contributed by atoms with Gasteiger partial charge in [-0.15, -0.1) is 4.40 Å². The number of aliphatic hydroxyl groups excluding tert-OH is 2. The van der Waals surface area contributed by atoms with E-state index in [0.29, 0.717) is 16.1 Å². The first kappa shape index (κ1) is 26.0. The smallest absolute Gasteiger partial charge is 0.286 e. The summed E-state index contributed by atoms with van der Waals surface area (Å²) in [5.41, 5.74) is 6.12. The van der Waals surface area contributed by atoms with Crippen LogP contribution in [0, 0.1) is 5.82 Å². The van der Waals surface area contributed by atoms with Crippen molar-refractivity contribution >= 4 is 55.6 Å². The molecule has 0 bridgehead atoms. The minimum Gasteiger partial charge on any atom is -0.506 e. The second-order valence-electron chi connectivity index (χ2n) is 7.98. The Morgan fingerprint density at radius 1 is 1.11 bits per heavy atom. The lowest BCUT2D eigenvalue weighted by atomic mass is 9.98. The molecule has 5 N–H and O–H groups in total. The third kappa shape index (κ3) is 5.38. The number of fused-ring (bicyclic) bond motifs is 1. The number of carbonyl (C=O) groups is 1. The highest BCUT2D eigenvalue weighted by atomic mass is 35.5. The number of allylic oxidation sites excluding steroid dienone is 1. The van der Waals surface area contributed by atoms with Crippen molar-refractivity contribution < 1.29 is 27.8 Å². The summed E-state index contributed by atoms with van der Waals surface area (Å²) >= 11 is 6.06. The van der Waals surface area contributed by atoms with Gasteiger partial charge in [0.25, 0.3) is 10.0 Å². The van der Waals surface area contributed by atoms with Gasteiger partial charge in [-0.2, -0.15) is 8.42 Å². The van der Waals surface area contributed by atoms with Gasteiger partial charge in [-0.3, -0.25) is 4.79 Å². The SMILES string of the molecule is C[C@@H](O)C(N)=NS(=O)(=O)c1cc(C(=O)C(=C(O)c2cccc(Cl)c2)c2nc3ccccc3[nH]2)ccc1F. The highest BCUT2D eigenvalue weighted by molar-refractivity contribution is 7.90. The van der Waals surface area contributed by atoms with Gasteiger partial charge in [0, 0.05) is 16.1 Å². The van der Waals surface area contributed by atoms with E-state index in [1.54, 1.807) is 36.4 Å². The first-order valence-electron chi connectivity index (χ1n) is 10.7. The number of hydrogen-bond donors (Lipinski definition) is 4. The summed E-state index contributed by atoms with van der Waals surface area (Å²) in [6, 6.07) is 15.6. The highest BCUT2D eigenvalue weighted by Crippen LogP contribution is 2.30. The molecule has 12 heteroatoms. The number of aliphatic hydroxyl groups is 2. The van der Waals surface area contributed by atoms with Crippen LogP contribution in [0.25, 0.3) is 22.4 Å². The van der Waals surface area contributed by atoms with Crippen molar-refractivity contribution in [3.8, 4) is 0 Å². The number of amidine groups is 1. The van der Waals surface area contributed by atoms with Gasteiger partial charge < -0.3 is 20.9 Å². The quantitative estimate of drug-likeness (QED) is 0.0899. The maximum atomic E-state index is 14.6. The van der Waals surface area contributed by atoms with Crippen LogP contribution in [0.15, 0.2) is 76.0 Å². The fourth-order valence-electron chi connectivity index (χ4n) is 3.43. The Balaban J connectivity index is 1.91. The summed E-state index contributed by atoms with van der Waals surface area (Å²) in [5, 5.41) is 20.9. The van der Waals surface area contributed by atoms with Gasteiger partial charge in [0.1, 0.15) is 39.8 Å². The maximum absolute atomic E-state index is 14.6. The van der Waals surface area contributed by atoms with Crippen LogP contribution in [-0.4, -0.2) is 46.3 Å². The third-order valence-corrected chi connectivity index (χ3v) is 6.87. The summed E-state index contributed by atoms with van der Waals surface area (Å²) in [6.45, 7) is 1.19. The number of aromatic nitrogens is 2. The Kier molecular flexibility index (Phi) is 7.12. The van der Waals surface area contributed by atoms with Crippen LogP contribution in [0.1, 0.15) is 28.7 Å². The number of aromatic amines is 1. The Labute approximate surface area is 215 Å². The average Bonchev–Trinajstić information content (AvgIpc) is 3.27. The third-order valence-electron chi connectivity index (χ3n) is 5.31. The molecule has 1 aromatic heterocycles. The number of hydrogen-bond acceptors (Lipinski definition) is 6. The first-order chi connectivity index (χ1) is 17.5. The average molecular weight is 543 g/mol. The van der Waals surface area contributed by atoms with Crippen molar-refractivity contribution in [3.63, 3.8) is 0 Å². The molecule has 0 saturated carbocycles. The molecule has 9 nitrogen and oxygen atoms in total. The molecule has 1 atom stereocenters. The predicted octanol–water partition coefficient (Wildman–Crippen LogP) is 4.09. The molecule has 4 aromatic rings. The number of H-pyrrole nitrogens is 1. The molecule has 0 aliphatic heterocycles. The van der Waals surface area contributed by atoms with Gasteiger partial charge in [0.2, 0.25) is 5.78 Å². The largest absolute Gasteiger partial charge is 0.506 e. The van der Waals surface area contributed by atoms with Gasteiger partial charge in [-0.25, -0.2) is 9.37 Å². The van der Waals surface area contributed by atoms with Gasteiger partial charge in [0.15, 0.2) is 0 Å². The van der Waals surface area contributed by atoms with Crippen LogP contribution in [0.2, 0.25) is 5.02 Å². The lowest BCUT2D eigenvalue weighted by molar-refractivity contribution is 0.105. The molecule has 0 radical (unpaired) electrons. The molecule has 37 heavy (non-hydrogen) atoms. The van der Waals surface area contributed by atoms with Crippen molar-refractivity contribution in [3.05, 3.63) is 94.5 Å². The summed E-state index contributed by atoms with van der Waals surface area (Å²) in [4.78, 5) is 20.1. The number of sulfonamides is 1. The first-order valence-corrected chi connectivity index (χ1v) is 12.6. The number of nitrogens with zero attached hydrogens (tertiary/aromatic N) is 2. The topological polar surface area (TPSA) is 159 Å². The Morgan fingerprint density at radius 3 is 2.51 bits per heavy atom. The Hall–Kier alpha value is -4.06. The molecule has 4 rings (SSSR count). The van der Waals surface area contributed by atoms with E-state index in [2.05, 4.69) is 14.4 Å². The van der Waals surface area contributed by atoms with Gasteiger partial charge >= 0.3 is 0 Å². The van der Waals surface area contributed by atoms with Gasteiger partial charge in [-0.1, -0.05) is 35.9 Å². The summed E-state index contributed by atoms with van der Waals surface area (Å²) < 4.78 is 43.1. The minimum absolute atomic E-state index is 0.00576. The normalized spacial score (nSPS) is 13.9. The molecular weight excluding hydrogens is 523 g/mol. The Bertz CT molecular complexity index is 1660. The molecular formula is C25H20ClFN4O5S. The van der Waals surface area contributed by atoms with Crippen LogP contribution in [0.4, 0.5) is 4.39 Å². The maximum Gasteiger partial charge on any atom is 0.286 e. The number of rotatable bonds is 7. The molecule has 0 aliphatic rings. The van der Waals surface area contributed by atoms with E-state index in [1.807, 2.05) is 0 Å². The number of imidazole rings is 1. The fraction of sp³-hybridized carbons (Fsp3) is 0.0800. The monoisotopic (exact) mass is 542 g/mol. The zero-order chi connectivity index (χ0) is 26.9. The molecule has 0 fully saturated rings. The molecule has 190 valence electrons. The molecule has 3 aromatic carbocycles. The second kappa shape index (κ2) is 10.1. The second-order valence-corrected chi connectivity index (χ2v) is 9.99. The minimum atomic E-state index is -4.72. The van der Waals surface area contributed by atoms with Crippen LogP contribution >= 0.6 is 11.6 Å². The number of halogens is 2. The molecule has 0 saturated heterocycles. The Morgan fingerprint density at radius 2 is 1.84 bits per heavy atom. The van der Waals surface area contributed by atoms with Crippen molar-refractivity contribution in [2.45, 2.75) is 17.9 Å². The van der Waals surface area contributed by atoms with E-state index in [-0.39, 0.29) is 22.5 Å².